The maximum Gasteiger partial charge on any atom is 0.441 e. The fraction of sp³-hybridized carbons (Fsp3) is 0.500. The molecule has 1 aliphatic rings. The molecule has 1 aliphatic heterocycles. The van der Waals surface area contributed by atoms with Crippen molar-refractivity contribution in [2.75, 3.05) is 18.8 Å². The summed E-state index contributed by atoms with van der Waals surface area (Å²) in [5, 5.41) is 3.02. The van der Waals surface area contributed by atoms with Crippen molar-refractivity contribution in [2.45, 2.75) is 17.3 Å². The van der Waals surface area contributed by atoms with E-state index in [1.54, 1.807) is 18.2 Å². The molecular formula is C12H13F4NS. The highest BCUT2D eigenvalue weighted by Gasteiger charge is 2.41. The molecule has 1 nitrogen and oxygen atoms in total. The second-order valence-electron chi connectivity index (χ2n) is 4.41. The number of thioether (sulfide) groups is 1. The highest BCUT2D eigenvalue weighted by molar-refractivity contribution is 8.00. The minimum absolute atomic E-state index is 0.0400. The van der Waals surface area contributed by atoms with Gasteiger partial charge >= 0.3 is 5.51 Å². The minimum atomic E-state index is -4.21. The molecule has 0 aromatic heterocycles. The van der Waals surface area contributed by atoms with E-state index < -0.39 is 10.9 Å². The molecule has 0 atom stereocenters. The second-order valence-corrected chi connectivity index (χ2v) is 5.57. The van der Waals surface area contributed by atoms with Gasteiger partial charge in [-0.1, -0.05) is 30.0 Å². The number of rotatable bonds is 4. The van der Waals surface area contributed by atoms with Gasteiger partial charge in [0.1, 0.15) is 5.82 Å². The van der Waals surface area contributed by atoms with E-state index in [1.807, 2.05) is 0 Å². The Bertz CT molecular complexity index is 415. The normalized spacial score (nSPS) is 18.4. The predicted molar refractivity (Wildman–Crippen MR) is 64.1 cm³/mol. The summed E-state index contributed by atoms with van der Waals surface area (Å²) in [5.41, 5.74) is -4.18. The van der Waals surface area contributed by atoms with Gasteiger partial charge in [0.15, 0.2) is 0 Å². The molecule has 1 heterocycles. The van der Waals surface area contributed by atoms with Crippen LogP contribution in [0, 0.1) is 5.82 Å². The largest absolute Gasteiger partial charge is 0.441 e. The number of alkyl halides is 3. The SMILES string of the molecule is Fc1ccccc1C1(CCSC(F)(F)F)CNC1. The third-order valence-electron chi connectivity index (χ3n) is 3.22. The van der Waals surface area contributed by atoms with E-state index in [1.165, 1.54) is 6.07 Å². The molecule has 2 rings (SSSR count). The minimum Gasteiger partial charge on any atom is -0.315 e. The van der Waals surface area contributed by atoms with Crippen LogP contribution in [0.5, 0.6) is 0 Å². The lowest BCUT2D eigenvalue weighted by Gasteiger charge is -2.43. The highest BCUT2D eigenvalue weighted by Crippen LogP contribution is 2.38. The molecule has 1 N–H and O–H groups in total. The lowest BCUT2D eigenvalue weighted by atomic mass is 9.73. The molecule has 0 unspecified atom stereocenters. The Labute approximate surface area is 107 Å². The van der Waals surface area contributed by atoms with Crippen LogP contribution in [0.1, 0.15) is 12.0 Å². The van der Waals surface area contributed by atoms with Gasteiger partial charge in [-0.2, -0.15) is 13.2 Å². The van der Waals surface area contributed by atoms with E-state index in [0.717, 1.165) is 0 Å². The summed E-state index contributed by atoms with van der Waals surface area (Å²) in [5.74, 6) is -0.379. The van der Waals surface area contributed by atoms with E-state index in [9.17, 15) is 17.6 Å². The zero-order valence-corrected chi connectivity index (χ0v) is 10.4. The van der Waals surface area contributed by atoms with E-state index in [0.29, 0.717) is 25.1 Å². The molecule has 100 valence electrons. The predicted octanol–water partition coefficient (Wildman–Crippen LogP) is 3.31. The fourth-order valence-corrected chi connectivity index (χ4v) is 2.91. The monoisotopic (exact) mass is 279 g/mol. The first kappa shape index (κ1) is 13.7. The summed E-state index contributed by atoms with van der Waals surface area (Å²) >= 11 is -0.0400. The van der Waals surface area contributed by atoms with Crippen LogP contribution < -0.4 is 5.32 Å². The summed E-state index contributed by atoms with van der Waals surface area (Å²) in [6.45, 7) is 1.07. The average Bonchev–Trinajstić information content (AvgIpc) is 2.22. The summed E-state index contributed by atoms with van der Waals surface area (Å²) in [4.78, 5) is 0. The topological polar surface area (TPSA) is 12.0 Å². The average molecular weight is 279 g/mol. The van der Waals surface area contributed by atoms with Crippen molar-refractivity contribution in [3.8, 4) is 0 Å². The summed E-state index contributed by atoms with van der Waals surface area (Å²) < 4.78 is 50.0. The van der Waals surface area contributed by atoms with E-state index in [2.05, 4.69) is 5.32 Å². The molecule has 0 bridgehead atoms. The van der Waals surface area contributed by atoms with E-state index in [4.69, 9.17) is 0 Å². The Balaban J connectivity index is 2.05. The first-order valence-corrected chi connectivity index (χ1v) is 6.58. The van der Waals surface area contributed by atoms with E-state index >= 15 is 0 Å². The Hall–Kier alpha value is -0.750. The molecular weight excluding hydrogens is 266 g/mol. The molecule has 0 saturated carbocycles. The van der Waals surface area contributed by atoms with Gasteiger partial charge < -0.3 is 5.32 Å². The van der Waals surface area contributed by atoms with Crippen molar-refractivity contribution in [1.82, 2.24) is 5.32 Å². The van der Waals surface area contributed by atoms with Gasteiger partial charge in [-0.15, -0.1) is 0 Å². The number of hydrogen-bond acceptors (Lipinski definition) is 2. The van der Waals surface area contributed by atoms with Crippen LogP contribution >= 0.6 is 11.8 Å². The molecule has 1 aromatic carbocycles. The second kappa shape index (κ2) is 5.09. The standard InChI is InChI=1S/C12H13F4NS/c13-10-4-2-1-3-9(10)11(7-17-8-11)5-6-18-12(14,15)16/h1-4,17H,5-8H2. The van der Waals surface area contributed by atoms with Crippen LogP contribution in [0.25, 0.3) is 0 Å². The maximum atomic E-state index is 13.7. The first-order valence-electron chi connectivity index (χ1n) is 5.59. The van der Waals surface area contributed by atoms with Crippen molar-refractivity contribution in [3.05, 3.63) is 35.6 Å². The van der Waals surface area contributed by atoms with Gasteiger partial charge in [0.05, 0.1) is 0 Å². The van der Waals surface area contributed by atoms with Gasteiger partial charge in [0.25, 0.3) is 0 Å². The zero-order chi connectivity index (χ0) is 13.2. The Morgan fingerprint density at radius 2 is 1.89 bits per heavy atom. The molecule has 0 spiro atoms. The lowest BCUT2D eigenvalue weighted by molar-refractivity contribution is -0.0329. The molecule has 0 amide bonds. The molecule has 0 radical (unpaired) electrons. The fourth-order valence-electron chi connectivity index (χ4n) is 2.18. The van der Waals surface area contributed by atoms with Gasteiger partial charge in [0, 0.05) is 24.3 Å². The van der Waals surface area contributed by atoms with Crippen molar-refractivity contribution in [2.24, 2.45) is 0 Å². The number of nitrogens with one attached hydrogen (secondary N) is 1. The van der Waals surface area contributed by atoms with Gasteiger partial charge in [0.2, 0.25) is 0 Å². The first-order chi connectivity index (χ1) is 8.43. The molecule has 0 aliphatic carbocycles. The number of hydrogen-bond donors (Lipinski definition) is 1. The zero-order valence-electron chi connectivity index (χ0n) is 9.56. The summed E-state index contributed by atoms with van der Waals surface area (Å²) in [6.07, 6.45) is 0.325. The van der Waals surface area contributed by atoms with Gasteiger partial charge in [-0.25, -0.2) is 4.39 Å². The van der Waals surface area contributed by atoms with Crippen LogP contribution in [-0.2, 0) is 5.41 Å². The Morgan fingerprint density at radius 1 is 1.22 bits per heavy atom. The summed E-state index contributed by atoms with van der Waals surface area (Å²) in [7, 11) is 0. The van der Waals surface area contributed by atoms with Crippen molar-refractivity contribution >= 4 is 11.8 Å². The molecule has 18 heavy (non-hydrogen) atoms. The Morgan fingerprint density at radius 3 is 2.39 bits per heavy atom. The lowest BCUT2D eigenvalue weighted by Crippen LogP contribution is -2.57. The van der Waals surface area contributed by atoms with Crippen LogP contribution in [0.3, 0.4) is 0 Å². The van der Waals surface area contributed by atoms with Gasteiger partial charge in [-0.05, 0) is 18.1 Å². The van der Waals surface area contributed by atoms with Crippen LogP contribution in [0.4, 0.5) is 17.6 Å². The van der Waals surface area contributed by atoms with Crippen molar-refractivity contribution in [3.63, 3.8) is 0 Å². The molecule has 6 heteroatoms. The third-order valence-corrected chi connectivity index (χ3v) is 3.95. The van der Waals surface area contributed by atoms with Crippen LogP contribution in [-0.4, -0.2) is 24.4 Å². The maximum absolute atomic E-state index is 13.7. The van der Waals surface area contributed by atoms with Crippen molar-refractivity contribution < 1.29 is 17.6 Å². The quantitative estimate of drug-likeness (QED) is 0.849. The highest BCUT2D eigenvalue weighted by atomic mass is 32.2. The van der Waals surface area contributed by atoms with E-state index in [-0.39, 0.29) is 23.3 Å². The number of halogens is 4. The van der Waals surface area contributed by atoms with Crippen LogP contribution in [0.15, 0.2) is 24.3 Å². The van der Waals surface area contributed by atoms with Crippen molar-refractivity contribution in [1.29, 1.82) is 0 Å². The number of benzene rings is 1. The van der Waals surface area contributed by atoms with Gasteiger partial charge in [-0.3, -0.25) is 0 Å². The van der Waals surface area contributed by atoms with Crippen LogP contribution in [0.2, 0.25) is 0 Å². The smallest absolute Gasteiger partial charge is 0.315 e. The molecule has 1 saturated heterocycles. The summed E-state index contributed by atoms with van der Waals surface area (Å²) in [6, 6.07) is 6.32. The molecule has 1 fully saturated rings. The third kappa shape index (κ3) is 2.98. The Kier molecular flexibility index (Phi) is 3.87. The molecule has 1 aromatic rings.